The molecule has 0 spiro atoms. The number of carboxylic acid groups (broad SMARTS) is 1. The van der Waals surface area contributed by atoms with E-state index in [0.29, 0.717) is 10.7 Å². The Morgan fingerprint density at radius 1 is 1.33 bits per heavy atom. The second-order valence-corrected chi connectivity index (χ2v) is 7.43. The Kier molecular flexibility index (Phi) is 5.74. The van der Waals surface area contributed by atoms with Crippen LogP contribution in [-0.2, 0) is 19.4 Å². The maximum atomic E-state index is 12.0. The van der Waals surface area contributed by atoms with Crippen LogP contribution in [0.4, 0.5) is 5.69 Å². The molecule has 0 aliphatic carbocycles. The van der Waals surface area contributed by atoms with E-state index in [1.165, 1.54) is 19.9 Å². The van der Waals surface area contributed by atoms with Crippen molar-refractivity contribution in [3.8, 4) is 0 Å². The van der Waals surface area contributed by atoms with Crippen LogP contribution in [0.15, 0.2) is 24.3 Å². The third-order valence-electron chi connectivity index (χ3n) is 2.68. The van der Waals surface area contributed by atoms with Crippen LogP contribution in [0, 0.1) is 5.92 Å². The van der Waals surface area contributed by atoms with Crippen LogP contribution < -0.4 is 5.32 Å². The molecule has 1 amide bonds. The molecule has 0 aliphatic heterocycles. The zero-order valence-electron chi connectivity index (χ0n) is 11.5. The highest BCUT2D eigenvalue weighted by atomic mass is 35.5. The number of anilines is 1. The van der Waals surface area contributed by atoms with E-state index >= 15 is 0 Å². The average Bonchev–Trinajstić information content (AvgIpc) is 2.25. The van der Waals surface area contributed by atoms with Crippen molar-refractivity contribution in [1.29, 1.82) is 0 Å². The van der Waals surface area contributed by atoms with Crippen LogP contribution in [0.3, 0.4) is 0 Å². The highest BCUT2D eigenvalue weighted by Crippen LogP contribution is 2.17. The predicted molar refractivity (Wildman–Crippen MR) is 80.1 cm³/mol. The highest BCUT2D eigenvalue weighted by Gasteiger charge is 2.36. The Hall–Kier alpha value is -1.60. The molecule has 21 heavy (non-hydrogen) atoms. The van der Waals surface area contributed by atoms with Gasteiger partial charge in [-0.15, -0.1) is 0 Å². The van der Waals surface area contributed by atoms with Crippen molar-refractivity contribution in [2.24, 2.45) is 5.92 Å². The molecule has 8 heteroatoms. The summed E-state index contributed by atoms with van der Waals surface area (Å²) in [5.74, 6) is -3.79. The molecule has 0 radical (unpaired) electrons. The number of hydrogen-bond donors (Lipinski definition) is 2. The van der Waals surface area contributed by atoms with Gasteiger partial charge in [0.05, 0.1) is 0 Å². The van der Waals surface area contributed by atoms with E-state index in [-0.39, 0.29) is 0 Å². The molecule has 6 nitrogen and oxygen atoms in total. The van der Waals surface area contributed by atoms with Crippen LogP contribution in [0.5, 0.6) is 0 Å². The van der Waals surface area contributed by atoms with Gasteiger partial charge in [-0.2, -0.15) is 0 Å². The minimum absolute atomic E-state index is 0.346. The van der Waals surface area contributed by atoms with Crippen molar-refractivity contribution in [1.82, 2.24) is 0 Å². The average molecular weight is 334 g/mol. The SMILES string of the molecule is CC(C)C(C(=O)O)S(=O)(=O)CC(=O)Nc1cccc(Cl)c1. The summed E-state index contributed by atoms with van der Waals surface area (Å²) in [6.45, 7) is 2.95. The molecule has 0 saturated heterocycles. The van der Waals surface area contributed by atoms with Gasteiger partial charge in [0.2, 0.25) is 5.91 Å². The highest BCUT2D eigenvalue weighted by molar-refractivity contribution is 7.93. The van der Waals surface area contributed by atoms with E-state index in [9.17, 15) is 18.0 Å². The molecule has 1 aromatic rings. The number of amides is 1. The summed E-state index contributed by atoms with van der Waals surface area (Å²) in [6.07, 6.45) is 0. The number of nitrogens with one attached hydrogen (secondary N) is 1. The standard InChI is InChI=1S/C13H16ClNO5S/c1-8(2)12(13(17)18)21(19,20)7-11(16)15-10-5-3-4-9(14)6-10/h3-6,8,12H,7H2,1-2H3,(H,15,16)(H,17,18). The van der Waals surface area contributed by atoms with Crippen molar-refractivity contribution < 1.29 is 23.1 Å². The normalized spacial score (nSPS) is 13.0. The van der Waals surface area contributed by atoms with Crippen LogP contribution in [-0.4, -0.2) is 36.4 Å². The lowest BCUT2D eigenvalue weighted by atomic mass is 10.1. The molecule has 1 unspecified atom stereocenters. The fraction of sp³-hybridized carbons (Fsp3) is 0.385. The summed E-state index contributed by atoms with van der Waals surface area (Å²) in [4.78, 5) is 22.8. The van der Waals surface area contributed by atoms with Gasteiger partial charge in [-0.3, -0.25) is 9.59 Å². The van der Waals surface area contributed by atoms with Gasteiger partial charge in [-0.1, -0.05) is 31.5 Å². The molecule has 0 fully saturated rings. The third-order valence-corrected chi connectivity index (χ3v) is 5.10. The first kappa shape index (κ1) is 17.5. The molecule has 0 aromatic heterocycles. The van der Waals surface area contributed by atoms with Gasteiger partial charge in [0.25, 0.3) is 0 Å². The first-order valence-corrected chi connectivity index (χ1v) is 8.22. The topological polar surface area (TPSA) is 101 Å². The Labute approximate surface area is 128 Å². The molecule has 0 bridgehead atoms. The lowest BCUT2D eigenvalue weighted by Gasteiger charge is -2.16. The second-order valence-electron chi connectivity index (χ2n) is 4.87. The van der Waals surface area contributed by atoms with Crippen molar-refractivity contribution >= 4 is 39.0 Å². The number of aliphatic carboxylic acids is 1. The molecule has 0 aliphatic rings. The summed E-state index contributed by atoms with van der Waals surface area (Å²) in [6, 6.07) is 6.21. The fourth-order valence-electron chi connectivity index (χ4n) is 1.89. The number of benzene rings is 1. The maximum Gasteiger partial charge on any atom is 0.322 e. The molecule has 1 rings (SSSR count). The van der Waals surface area contributed by atoms with Crippen LogP contribution >= 0.6 is 11.6 Å². The van der Waals surface area contributed by atoms with Crippen molar-refractivity contribution in [2.45, 2.75) is 19.1 Å². The molecular formula is C13H16ClNO5S. The van der Waals surface area contributed by atoms with Crippen LogP contribution in [0.2, 0.25) is 5.02 Å². The fourth-order valence-corrected chi connectivity index (χ4v) is 3.83. The Balaban J connectivity index is 2.84. The third kappa shape index (κ3) is 5.02. The quantitative estimate of drug-likeness (QED) is 0.826. The molecular weight excluding hydrogens is 318 g/mol. The molecule has 1 aromatic carbocycles. The summed E-state index contributed by atoms with van der Waals surface area (Å²) >= 11 is 5.75. The summed E-state index contributed by atoms with van der Waals surface area (Å²) in [5.41, 5.74) is 0.346. The van der Waals surface area contributed by atoms with Gasteiger partial charge >= 0.3 is 5.97 Å². The van der Waals surface area contributed by atoms with E-state index in [1.54, 1.807) is 18.2 Å². The van der Waals surface area contributed by atoms with Crippen LogP contribution in [0.1, 0.15) is 13.8 Å². The molecule has 116 valence electrons. The summed E-state index contributed by atoms with van der Waals surface area (Å²) in [7, 11) is -4.09. The van der Waals surface area contributed by atoms with E-state index < -0.39 is 38.6 Å². The number of carboxylic acids is 1. The first-order chi connectivity index (χ1) is 9.63. The number of carbonyl (C=O) groups excluding carboxylic acids is 1. The predicted octanol–water partition coefficient (Wildman–Crippen LogP) is 1.80. The van der Waals surface area contributed by atoms with Gasteiger partial charge < -0.3 is 10.4 Å². The molecule has 2 N–H and O–H groups in total. The van der Waals surface area contributed by atoms with E-state index in [4.69, 9.17) is 16.7 Å². The van der Waals surface area contributed by atoms with Crippen molar-refractivity contribution in [2.75, 3.05) is 11.1 Å². The van der Waals surface area contributed by atoms with Gasteiger partial charge in [-0.05, 0) is 24.1 Å². The lowest BCUT2D eigenvalue weighted by Crippen LogP contribution is -2.39. The van der Waals surface area contributed by atoms with E-state index in [1.807, 2.05) is 0 Å². The smallest absolute Gasteiger partial charge is 0.322 e. The largest absolute Gasteiger partial charge is 0.480 e. The Morgan fingerprint density at radius 3 is 2.43 bits per heavy atom. The monoisotopic (exact) mass is 333 g/mol. The number of sulfone groups is 1. The Morgan fingerprint density at radius 2 is 1.95 bits per heavy atom. The van der Waals surface area contributed by atoms with E-state index in [0.717, 1.165) is 0 Å². The van der Waals surface area contributed by atoms with Gasteiger partial charge in [0.1, 0.15) is 5.75 Å². The van der Waals surface area contributed by atoms with Crippen molar-refractivity contribution in [3.05, 3.63) is 29.3 Å². The zero-order valence-corrected chi connectivity index (χ0v) is 13.1. The van der Waals surface area contributed by atoms with Crippen LogP contribution in [0.25, 0.3) is 0 Å². The minimum Gasteiger partial charge on any atom is -0.480 e. The van der Waals surface area contributed by atoms with Gasteiger partial charge in [0, 0.05) is 10.7 Å². The van der Waals surface area contributed by atoms with Crippen molar-refractivity contribution in [3.63, 3.8) is 0 Å². The van der Waals surface area contributed by atoms with Gasteiger partial charge in [-0.25, -0.2) is 8.42 Å². The number of rotatable bonds is 6. The summed E-state index contributed by atoms with van der Waals surface area (Å²) < 4.78 is 24.0. The van der Waals surface area contributed by atoms with E-state index in [2.05, 4.69) is 5.32 Å². The lowest BCUT2D eigenvalue weighted by molar-refractivity contribution is -0.137. The number of halogens is 1. The second kappa shape index (κ2) is 6.91. The summed E-state index contributed by atoms with van der Waals surface area (Å²) in [5, 5.41) is 10.1. The molecule has 1 atom stereocenters. The van der Waals surface area contributed by atoms with Gasteiger partial charge in [0.15, 0.2) is 15.1 Å². The maximum absolute atomic E-state index is 12.0. The number of carbonyl (C=O) groups is 2. The molecule has 0 saturated carbocycles. The zero-order chi connectivity index (χ0) is 16.2. The Bertz CT molecular complexity index is 642. The first-order valence-electron chi connectivity index (χ1n) is 6.13. The number of hydrogen-bond acceptors (Lipinski definition) is 4. The minimum atomic E-state index is -4.09. The molecule has 0 heterocycles.